The summed E-state index contributed by atoms with van der Waals surface area (Å²) in [6, 6.07) is 5.22. The third-order valence-corrected chi connectivity index (χ3v) is 3.69. The molecule has 0 unspecified atom stereocenters. The van der Waals surface area contributed by atoms with Crippen molar-refractivity contribution in [3.63, 3.8) is 0 Å². The number of anilines is 1. The van der Waals surface area contributed by atoms with Crippen LogP contribution in [-0.4, -0.2) is 23.0 Å². The lowest BCUT2D eigenvalue weighted by atomic mass is 9.96. The molecule has 0 saturated carbocycles. The van der Waals surface area contributed by atoms with Gasteiger partial charge < -0.3 is 10.1 Å². The molecule has 0 fully saturated rings. The molecule has 1 aromatic carbocycles. The lowest BCUT2D eigenvalue weighted by Crippen LogP contribution is -2.17. The van der Waals surface area contributed by atoms with E-state index in [1.807, 2.05) is 20.8 Å². The van der Waals surface area contributed by atoms with Gasteiger partial charge in [0.1, 0.15) is 11.6 Å². The molecule has 0 spiro atoms. The highest BCUT2D eigenvalue weighted by molar-refractivity contribution is 9.10. The fourth-order valence-corrected chi connectivity index (χ4v) is 2.21. The molecule has 1 amide bonds. The van der Waals surface area contributed by atoms with Gasteiger partial charge in [-0.05, 0) is 34.1 Å². The van der Waals surface area contributed by atoms with Gasteiger partial charge in [-0.1, -0.05) is 20.8 Å². The first-order chi connectivity index (χ1) is 10.3. The molecule has 6 heteroatoms. The van der Waals surface area contributed by atoms with E-state index in [-0.39, 0.29) is 11.3 Å². The summed E-state index contributed by atoms with van der Waals surface area (Å²) >= 11 is 3.36. The number of benzene rings is 1. The highest BCUT2D eigenvalue weighted by Crippen LogP contribution is 2.24. The van der Waals surface area contributed by atoms with Gasteiger partial charge in [0, 0.05) is 9.89 Å². The maximum absolute atomic E-state index is 12.3. The zero-order valence-electron chi connectivity index (χ0n) is 13.0. The molecule has 0 aliphatic carbocycles. The number of hydrogen-bond acceptors (Lipinski definition) is 4. The number of nitrogens with one attached hydrogen (secondary N) is 1. The minimum absolute atomic E-state index is 0.127. The number of ether oxygens (including phenoxy) is 1. The van der Waals surface area contributed by atoms with Crippen molar-refractivity contribution in [3.8, 4) is 5.75 Å². The van der Waals surface area contributed by atoms with Crippen LogP contribution in [0.5, 0.6) is 5.75 Å². The highest BCUT2D eigenvalue weighted by atomic mass is 79.9. The molecule has 0 atom stereocenters. The lowest BCUT2D eigenvalue weighted by molar-refractivity contribution is 0.102. The van der Waals surface area contributed by atoms with Gasteiger partial charge in [0.2, 0.25) is 0 Å². The van der Waals surface area contributed by atoms with Crippen LogP contribution < -0.4 is 10.1 Å². The summed E-state index contributed by atoms with van der Waals surface area (Å²) in [6.07, 6.45) is 3.22. The van der Waals surface area contributed by atoms with Gasteiger partial charge in [0.15, 0.2) is 0 Å². The number of carbonyl (C=O) groups excluding carboxylic acids is 1. The average molecular weight is 364 g/mol. The fraction of sp³-hybridized carbons (Fsp3) is 0.312. The van der Waals surface area contributed by atoms with Gasteiger partial charge in [0.05, 0.1) is 30.8 Å². The zero-order chi connectivity index (χ0) is 16.3. The van der Waals surface area contributed by atoms with E-state index >= 15 is 0 Å². The maximum Gasteiger partial charge on any atom is 0.257 e. The Balaban J connectivity index is 2.19. The van der Waals surface area contributed by atoms with Gasteiger partial charge in [-0.15, -0.1) is 0 Å². The Hall–Kier alpha value is -1.95. The monoisotopic (exact) mass is 363 g/mol. The Morgan fingerprint density at radius 1 is 1.23 bits per heavy atom. The van der Waals surface area contributed by atoms with Crippen molar-refractivity contribution in [3.05, 3.63) is 46.5 Å². The van der Waals surface area contributed by atoms with Crippen molar-refractivity contribution in [2.24, 2.45) is 0 Å². The first kappa shape index (κ1) is 16.4. The SMILES string of the molecule is COc1ccc(Br)c(C(=O)Nc2cnc(C(C)(C)C)nc2)c1. The molecule has 22 heavy (non-hydrogen) atoms. The van der Waals surface area contributed by atoms with Gasteiger partial charge in [-0.2, -0.15) is 0 Å². The Labute approximate surface area is 138 Å². The van der Waals surface area contributed by atoms with E-state index in [9.17, 15) is 4.79 Å². The predicted molar refractivity (Wildman–Crippen MR) is 89.4 cm³/mol. The predicted octanol–water partition coefficient (Wildman–Crippen LogP) is 3.80. The zero-order valence-corrected chi connectivity index (χ0v) is 14.6. The van der Waals surface area contributed by atoms with Crippen LogP contribution in [0.4, 0.5) is 5.69 Å². The molecule has 116 valence electrons. The van der Waals surface area contributed by atoms with E-state index in [2.05, 4.69) is 31.2 Å². The smallest absolute Gasteiger partial charge is 0.257 e. The number of hydrogen-bond donors (Lipinski definition) is 1. The van der Waals surface area contributed by atoms with Crippen LogP contribution >= 0.6 is 15.9 Å². The first-order valence-electron chi connectivity index (χ1n) is 6.78. The van der Waals surface area contributed by atoms with Crippen molar-refractivity contribution in [2.45, 2.75) is 26.2 Å². The Morgan fingerprint density at radius 2 is 1.86 bits per heavy atom. The molecule has 2 aromatic rings. The maximum atomic E-state index is 12.3. The Morgan fingerprint density at radius 3 is 2.41 bits per heavy atom. The van der Waals surface area contributed by atoms with Gasteiger partial charge in [-0.25, -0.2) is 9.97 Å². The van der Waals surface area contributed by atoms with Crippen molar-refractivity contribution in [2.75, 3.05) is 12.4 Å². The molecule has 1 N–H and O–H groups in total. The molecule has 1 aromatic heterocycles. The van der Waals surface area contributed by atoms with Gasteiger partial charge in [-0.3, -0.25) is 4.79 Å². The molecule has 5 nitrogen and oxygen atoms in total. The van der Waals surface area contributed by atoms with Crippen LogP contribution in [0.25, 0.3) is 0 Å². The van der Waals surface area contributed by atoms with Gasteiger partial charge >= 0.3 is 0 Å². The van der Waals surface area contributed by atoms with Crippen LogP contribution in [-0.2, 0) is 5.41 Å². The van der Waals surface area contributed by atoms with E-state index in [1.54, 1.807) is 37.7 Å². The number of amides is 1. The number of methoxy groups -OCH3 is 1. The third-order valence-electron chi connectivity index (χ3n) is 3.00. The standard InChI is InChI=1S/C16H18BrN3O2/c1-16(2,3)15-18-8-10(9-19-15)20-14(21)12-7-11(22-4)5-6-13(12)17/h5-9H,1-4H3,(H,20,21). The summed E-state index contributed by atoms with van der Waals surface area (Å²) in [4.78, 5) is 20.9. The summed E-state index contributed by atoms with van der Waals surface area (Å²) in [5, 5.41) is 2.78. The van der Waals surface area contributed by atoms with E-state index < -0.39 is 0 Å². The summed E-state index contributed by atoms with van der Waals surface area (Å²) < 4.78 is 5.83. The number of aromatic nitrogens is 2. The molecule has 0 aliphatic heterocycles. The Kier molecular flexibility index (Phi) is 4.81. The van der Waals surface area contributed by atoms with Gasteiger partial charge in [0.25, 0.3) is 5.91 Å². The topological polar surface area (TPSA) is 64.1 Å². The largest absolute Gasteiger partial charge is 0.497 e. The van der Waals surface area contributed by atoms with E-state index in [4.69, 9.17) is 4.74 Å². The summed E-state index contributed by atoms with van der Waals surface area (Å²) in [5.41, 5.74) is 0.908. The Bertz CT molecular complexity index is 679. The number of rotatable bonds is 3. The quantitative estimate of drug-likeness (QED) is 0.900. The molecular weight excluding hydrogens is 346 g/mol. The van der Waals surface area contributed by atoms with Crippen LogP contribution in [0, 0.1) is 0 Å². The highest BCUT2D eigenvalue weighted by Gasteiger charge is 2.17. The molecule has 0 aliphatic rings. The fourth-order valence-electron chi connectivity index (χ4n) is 1.78. The van der Waals surface area contributed by atoms with Crippen LogP contribution in [0.2, 0.25) is 0 Å². The number of carbonyl (C=O) groups is 1. The molecule has 1 heterocycles. The first-order valence-corrected chi connectivity index (χ1v) is 7.58. The van der Waals surface area contributed by atoms with Crippen molar-refractivity contribution < 1.29 is 9.53 Å². The summed E-state index contributed by atoms with van der Waals surface area (Å²) in [5.74, 6) is 1.10. The van der Waals surface area contributed by atoms with Crippen LogP contribution in [0.3, 0.4) is 0 Å². The van der Waals surface area contributed by atoms with Crippen molar-refractivity contribution in [1.29, 1.82) is 0 Å². The summed E-state index contributed by atoms with van der Waals surface area (Å²) in [6.45, 7) is 6.11. The third kappa shape index (κ3) is 3.82. The normalized spacial score (nSPS) is 11.1. The number of halogens is 1. The van der Waals surface area contributed by atoms with Crippen LogP contribution in [0.15, 0.2) is 35.1 Å². The van der Waals surface area contributed by atoms with E-state index in [1.165, 1.54) is 0 Å². The van der Waals surface area contributed by atoms with E-state index in [0.717, 1.165) is 5.82 Å². The molecular formula is C16H18BrN3O2. The summed E-state index contributed by atoms with van der Waals surface area (Å²) in [7, 11) is 1.56. The minimum atomic E-state index is -0.252. The average Bonchev–Trinajstić information content (AvgIpc) is 2.47. The second-order valence-electron chi connectivity index (χ2n) is 5.85. The lowest BCUT2D eigenvalue weighted by Gasteiger charge is -2.16. The minimum Gasteiger partial charge on any atom is -0.497 e. The molecule has 0 radical (unpaired) electrons. The second kappa shape index (κ2) is 6.44. The molecule has 2 rings (SSSR count). The second-order valence-corrected chi connectivity index (χ2v) is 6.70. The molecule has 0 bridgehead atoms. The van der Waals surface area contributed by atoms with Crippen molar-refractivity contribution >= 4 is 27.5 Å². The van der Waals surface area contributed by atoms with Crippen molar-refractivity contribution in [1.82, 2.24) is 9.97 Å². The van der Waals surface area contributed by atoms with Crippen LogP contribution in [0.1, 0.15) is 37.0 Å². The number of nitrogens with zero attached hydrogens (tertiary/aromatic N) is 2. The van der Waals surface area contributed by atoms with E-state index in [0.29, 0.717) is 21.5 Å². The molecule has 0 saturated heterocycles.